The molecular weight excluding hydrogens is 152 g/mol. The quantitative estimate of drug-likeness (QED) is 0.625. The normalized spacial score (nSPS) is 12.6. The topological polar surface area (TPSA) is 41.1 Å². The van der Waals surface area contributed by atoms with Gasteiger partial charge in [-0.3, -0.25) is 4.79 Å². The molecule has 0 aromatic rings. The molecule has 0 fully saturated rings. The lowest BCUT2D eigenvalue weighted by molar-refractivity contribution is -0.121. The van der Waals surface area contributed by atoms with Gasteiger partial charge in [0.2, 0.25) is 5.91 Å². The van der Waals surface area contributed by atoms with E-state index in [2.05, 4.69) is 17.6 Å². The van der Waals surface area contributed by atoms with E-state index < -0.39 is 0 Å². The molecule has 0 aromatic carbocycles. The molecule has 2 N–H and O–H groups in total. The molecule has 0 saturated heterocycles. The summed E-state index contributed by atoms with van der Waals surface area (Å²) in [7, 11) is 1.92. The van der Waals surface area contributed by atoms with Crippen molar-refractivity contribution in [3.8, 4) is 0 Å². The third-order valence-electron chi connectivity index (χ3n) is 1.92. The maximum absolute atomic E-state index is 11.0. The summed E-state index contributed by atoms with van der Waals surface area (Å²) >= 11 is 0. The predicted octanol–water partition coefficient (Wildman–Crippen LogP) is 0.901. The predicted molar refractivity (Wildman–Crippen MR) is 51.1 cm³/mol. The van der Waals surface area contributed by atoms with Crippen LogP contribution < -0.4 is 10.6 Å². The highest BCUT2D eigenvalue weighted by atomic mass is 16.1. The second-order valence-electron chi connectivity index (χ2n) is 2.92. The Labute approximate surface area is 74.9 Å². The molecule has 0 saturated carbocycles. The van der Waals surface area contributed by atoms with Gasteiger partial charge in [-0.2, -0.15) is 0 Å². The third-order valence-corrected chi connectivity index (χ3v) is 1.92. The van der Waals surface area contributed by atoms with E-state index in [-0.39, 0.29) is 5.91 Å². The largest absolute Gasteiger partial charge is 0.353 e. The Morgan fingerprint density at radius 3 is 2.50 bits per heavy atom. The van der Waals surface area contributed by atoms with Crippen LogP contribution in [0.3, 0.4) is 0 Å². The summed E-state index contributed by atoms with van der Waals surface area (Å²) in [5.41, 5.74) is 0. The van der Waals surface area contributed by atoms with Gasteiger partial charge in [0.25, 0.3) is 0 Å². The van der Waals surface area contributed by atoms with Crippen LogP contribution in [-0.4, -0.2) is 25.5 Å². The maximum atomic E-state index is 11.0. The van der Waals surface area contributed by atoms with E-state index in [1.807, 2.05) is 14.0 Å². The zero-order chi connectivity index (χ0) is 9.40. The van der Waals surface area contributed by atoms with Gasteiger partial charge in [-0.1, -0.05) is 13.8 Å². The molecule has 0 spiro atoms. The lowest BCUT2D eigenvalue weighted by Gasteiger charge is -2.15. The summed E-state index contributed by atoms with van der Waals surface area (Å²) in [6.45, 7) is 4.93. The maximum Gasteiger partial charge on any atom is 0.219 e. The Hall–Kier alpha value is -0.570. The van der Waals surface area contributed by atoms with Gasteiger partial charge in [0.15, 0.2) is 0 Å². The van der Waals surface area contributed by atoms with Crippen molar-refractivity contribution in [3.05, 3.63) is 0 Å². The number of nitrogens with one attached hydrogen (secondary N) is 2. The molecule has 0 aromatic heterocycles. The molecular formula is C9H20N2O. The summed E-state index contributed by atoms with van der Waals surface area (Å²) in [4.78, 5) is 11.0. The second kappa shape index (κ2) is 7.10. The molecule has 1 unspecified atom stereocenters. The summed E-state index contributed by atoms with van der Waals surface area (Å²) in [5.74, 6) is 0.151. The third kappa shape index (κ3) is 5.13. The van der Waals surface area contributed by atoms with Gasteiger partial charge >= 0.3 is 0 Å². The summed E-state index contributed by atoms with van der Waals surface area (Å²) in [5, 5.41) is 6.04. The molecule has 0 heterocycles. The number of carbonyl (C=O) groups is 1. The van der Waals surface area contributed by atoms with E-state index in [1.54, 1.807) is 0 Å². The van der Waals surface area contributed by atoms with Crippen LogP contribution in [0.5, 0.6) is 0 Å². The standard InChI is InChI=1S/C9H20N2O/c1-4-8(6-7-10-3)11-9(12)5-2/h8,10H,4-7H2,1-3H3,(H,11,12). The Balaban J connectivity index is 3.59. The smallest absolute Gasteiger partial charge is 0.219 e. The molecule has 1 atom stereocenters. The van der Waals surface area contributed by atoms with E-state index in [0.29, 0.717) is 12.5 Å². The first-order valence-electron chi connectivity index (χ1n) is 4.68. The van der Waals surface area contributed by atoms with Crippen molar-refractivity contribution in [1.29, 1.82) is 0 Å². The van der Waals surface area contributed by atoms with Gasteiger partial charge in [0.05, 0.1) is 0 Å². The van der Waals surface area contributed by atoms with Crippen molar-refractivity contribution in [3.63, 3.8) is 0 Å². The molecule has 72 valence electrons. The Bertz CT molecular complexity index is 126. The van der Waals surface area contributed by atoms with E-state index in [1.165, 1.54) is 0 Å². The van der Waals surface area contributed by atoms with Crippen LogP contribution in [0.2, 0.25) is 0 Å². The lowest BCUT2D eigenvalue weighted by atomic mass is 10.1. The van der Waals surface area contributed by atoms with Crippen LogP contribution >= 0.6 is 0 Å². The fourth-order valence-corrected chi connectivity index (χ4v) is 1.03. The van der Waals surface area contributed by atoms with Gasteiger partial charge in [-0.15, -0.1) is 0 Å². The van der Waals surface area contributed by atoms with Crippen molar-refractivity contribution in [2.75, 3.05) is 13.6 Å². The lowest BCUT2D eigenvalue weighted by Crippen LogP contribution is -2.35. The average Bonchev–Trinajstić information content (AvgIpc) is 2.11. The Morgan fingerprint density at radius 1 is 1.42 bits per heavy atom. The Kier molecular flexibility index (Phi) is 6.76. The minimum atomic E-state index is 0.151. The monoisotopic (exact) mass is 172 g/mol. The van der Waals surface area contributed by atoms with Crippen molar-refractivity contribution in [1.82, 2.24) is 10.6 Å². The highest BCUT2D eigenvalue weighted by Gasteiger charge is 2.07. The molecule has 0 rings (SSSR count). The highest BCUT2D eigenvalue weighted by Crippen LogP contribution is 1.96. The van der Waals surface area contributed by atoms with E-state index >= 15 is 0 Å². The first-order chi connectivity index (χ1) is 5.74. The minimum absolute atomic E-state index is 0.151. The van der Waals surface area contributed by atoms with Crippen LogP contribution in [0.1, 0.15) is 33.1 Å². The first-order valence-corrected chi connectivity index (χ1v) is 4.68. The average molecular weight is 172 g/mol. The number of rotatable bonds is 6. The van der Waals surface area contributed by atoms with E-state index in [0.717, 1.165) is 19.4 Å². The van der Waals surface area contributed by atoms with Gasteiger partial charge in [0, 0.05) is 12.5 Å². The molecule has 12 heavy (non-hydrogen) atoms. The van der Waals surface area contributed by atoms with Gasteiger partial charge in [-0.25, -0.2) is 0 Å². The van der Waals surface area contributed by atoms with Crippen LogP contribution in [0, 0.1) is 0 Å². The number of carbonyl (C=O) groups excluding carboxylic acids is 1. The van der Waals surface area contributed by atoms with Crippen LogP contribution in [0.25, 0.3) is 0 Å². The van der Waals surface area contributed by atoms with Crippen molar-refractivity contribution < 1.29 is 4.79 Å². The number of hydrogen-bond acceptors (Lipinski definition) is 2. The Morgan fingerprint density at radius 2 is 2.08 bits per heavy atom. The fourth-order valence-electron chi connectivity index (χ4n) is 1.03. The first kappa shape index (κ1) is 11.4. The number of amides is 1. The van der Waals surface area contributed by atoms with Gasteiger partial charge < -0.3 is 10.6 Å². The van der Waals surface area contributed by atoms with Crippen LogP contribution in [-0.2, 0) is 4.79 Å². The molecule has 0 aliphatic heterocycles. The van der Waals surface area contributed by atoms with Gasteiger partial charge in [-0.05, 0) is 26.4 Å². The SMILES string of the molecule is CCC(=O)NC(CC)CCNC. The summed E-state index contributed by atoms with van der Waals surface area (Å²) < 4.78 is 0. The zero-order valence-electron chi connectivity index (χ0n) is 8.31. The van der Waals surface area contributed by atoms with Crippen molar-refractivity contribution >= 4 is 5.91 Å². The molecule has 0 bridgehead atoms. The van der Waals surface area contributed by atoms with Crippen molar-refractivity contribution in [2.24, 2.45) is 0 Å². The number of hydrogen-bond donors (Lipinski definition) is 2. The molecule has 0 aliphatic carbocycles. The molecule has 0 radical (unpaired) electrons. The van der Waals surface area contributed by atoms with Gasteiger partial charge in [0.1, 0.15) is 0 Å². The van der Waals surface area contributed by atoms with E-state index in [4.69, 9.17) is 0 Å². The summed E-state index contributed by atoms with van der Waals surface area (Å²) in [6.07, 6.45) is 2.60. The minimum Gasteiger partial charge on any atom is -0.353 e. The van der Waals surface area contributed by atoms with Crippen LogP contribution in [0.15, 0.2) is 0 Å². The molecule has 3 nitrogen and oxygen atoms in total. The summed E-state index contributed by atoms with van der Waals surface area (Å²) in [6, 6.07) is 0.338. The van der Waals surface area contributed by atoms with E-state index in [9.17, 15) is 4.79 Å². The molecule has 3 heteroatoms. The van der Waals surface area contributed by atoms with Crippen LogP contribution in [0.4, 0.5) is 0 Å². The molecule has 1 amide bonds. The fraction of sp³-hybridized carbons (Fsp3) is 0.889. The highest BCUT2D eigenvalue weighted by molar-refractivity contribution is 5.75. The molecule has 0 aliphatic rings. The zero-order valence-corrected chi connectivity index (χ0v) is 8.31. The second-order valence-corrected chi connectivity index (χ2v) is 2.92. The van der Waals surface area contributed by atoms with Crippen molar-refractivity contribution in [2.45, 2.75) is 39.2 Å².